The zero-order valence-electron chi connectivity index (χ0n) is 18.8. The Morgan fingerprint density at radius 1 is 1.16 bits per heavy atom. The van der Waals surface area contributed by atoms with E-state index in [9.17, 15) is 13.2 Å². The summed E-state index contributed by atoms with van der Waals surface area (Å²) in [6.45, 7) is 10.9. The second-order valence-electron chi connectivity index (χ2n) is 9.16. The van der Waals surface area contributed by atoms with Crippen LogP contribution in [-0.2, 0) is 11.3 Å². The first-order chi connectivity index (χ1) is 14.9. The van der Waals surface area contributed by atoms with Gasteiger partial charge in [-0.2, -0.15) is 13.2 Å². The first kappa shape index (κ1) is 26.2. The van der Waals surface area contributed by atoms with Crippen molar-refractivity contribution in [3.8, 4) is 0 Å². The third kappa shape index (κ3) is 8.11. The molecule has 0 amide bonds. The van der Waals surface area contributed by atoms with Gasteiger partial charge in [0.2, 0.25) is 0 Å². The van der Waals surface area contributed by atoms with Crippen LogP contribution in [0.15, 0.2) is 24.3 Å². The zero-order valence-corrected chi connectivity index (χ0v) is 18.8. The zero-order chi connectivity index (χ0) is 23.9. The van der Waals surface area contributed by atoms with Crippen molar-refractivity contribution in [3.05, 3.63) is 35.4 Å². The summed E-state index contributed by atoms with van der Waals surface area (Å²) in [5.74, 6) is -2.76. The van der Waals surface area contributed by atoms with E-state index in [1.807, 2.05) is 0 Å². The van der Waals surface area contributed by atoms with Gasteiger partial charge in [-0.15, -0.1) is 0 Å². The minimum absolute atomic E-state index is 0.257. The van der Waals surface area contributed by atoms with Crippen molar-refractivity contribution in [3.63, 3.8) is 0 Å². The molecule has 0 radical (unpaired) electrons. The molecule has 0 aromatic heterocycles. The summed E-state index contributed by atoms with van der Waals surface area (Å²) in [4.78, 5) is 13.7. The average molecular weight is 458 g/mol. The molecule has 0 bridgehead atoms. The Balaban J connectivity index is 0.000000451. The van der Waals surface area contributed by atoms with Gasteiger partial charge in [0.25, 0.3) is 0 Å². The van der Waals surface area contributed by atoms with Crippen molar-refractivity contribution in [2.24, 2.45) is 5.41 Å². The van der Waals surface area contributed by atoms with Gasteiger partial charge in [-0.3, -0.25) is 9.80 Å². The number of nitrogens with zero attached hydrogens (tertiary/aromatic N) is 2. The molecule has 6 nitrogen and oxygen atoms in total. The van der Waals surface area contributed by atoms with Crippen LogP contribution in [0.25, 0.3) is 5.57 Å². The lowest BCUT2D eigenvalue weighted by Crippen LogP contribution is -2.46. The molecular formula is C23H34F3N3O3. The number of allylic oxidation sites excluding steroid dienone is 2. The maximum atomic E-state index is 10.6. The number of hydrogen-bond donors (Lipinski definition) is 3. The molecule has 1 saturated heterocycles. The quantitative estimate of drug-likeness (QED) is 0.586. The Morgan fingerprint density at radius 3 is 2.25 bits per heavy atom. The molecular weight excluding hydrogens is 423 g/mol. The fourth-order valence-electron chi connectivity index (χ4n) is 3.87. The number of β-amino-alcohol motifs (C(OH)–C–C–N with tert-alkyl or cyclic N) is 1. The topological polar surface area (TPSA) is 90.0 Å². The van der Waals surface area contributed by atoms with Crippen LogP contribution < -0.4 is 5.73 Å². The predicted molar refractivity (Wildman–Crippen MR) is 119 cm³/mol. The Bertz CT molecular complexity index is 801. The van der Waals surface area contributed by atoms with Crippen LogP contribution >= 0.6 is 0 Å². The summed E-state index contributed by atoms with van der Waals surface area (Å²) >= 11 is 0. The van der Waals surface area contributed by atoms with Crippen molar-refractivity contribution in [2.75, 3.05) is 45.1 Å². The second kappa shape index (κ2) is 11.2. The SMILES string of the molecule is CC1(C)CC=C(c2cc(CN3CCN(CCO)CC3)ccc2N)CC1.O=C(O)C(F)(F)F. The minimum Gasteiger partial charge on any atom is -0.475 e. The molecule has 1 fully saturated rings. The van der Waals surface area contributed by atoms with Gasteiger partial charge < -0.3 is 15.9 Å². The summed E-state index contributed by atoms with van der Waals surface area (Å²) in [5, 5.41) is 16.2. The number of carboxylic acids is 1. The van der Waals surface area contributed by atoms with E-state index in [0.29, 0.717) is 5.41 Å². The molecule has 0 saturated carbocycles. The number of aliphatic hydroxyl groups is 1. The summed E-state index contributed by atoms with van der Waals surface area (Å²) < 4.78 is 31.7. The first-order valence-electron chi connectivity index (χ1n) is 10.8. The van der Waals surface area contributed by atoms with E-state index in [0.717, 1.165) is 57.8 Å². The summed E-state index contributed by atoms with van der Waals surface area (Å²) in [5.41, 5.74) is 11.6. The lowest BCUT2D eigenvalue weighted by atomic mass is 9.77. The third-order valence-electron chi connectivity index (χ3n) is 5.97. The molecule has 0 spiro atoms. The van der Waals surface area contributed by atoms with Crippen molar-refractivity contribution in [2.45, 2.75) is 45.8 Å². The van der Waals surface area contributed by atoms with Gasteiger partial charge >= 0.3 is 12.1 Å². The number of carboxylic acid groups (broad SMARTS) is 1. The number of alkyl halides is 3. The Kier molecular flexibility index (Phi) is 9.12. The summed E-state index contributed by atoms with van der Waals surface area (Å²) in [7, 11) is 0. The van der Waals surface area contributed by atoms with Crippen molar-refractivity contribution < 1.29 is 28.2 Å². The Morgan fingerprint density at radius 2 is 1.75 bits per heavy atom. The third-order valence-corrected chi connectivity index (χ3v) is 5.97. The number of nitrogen functional groups attached to an aromatic ring is 1. The number of anilines is 1. The highest BCUT2D eigenvalue weighted by atomic mass is 19.4. The standard InChI is InChI=1S/C21H33N3O.C2HF3O2/c1-21(2)7-5-18(6-8-21)19-15-17(3-4-20(19)22)16-24-11-9-23(10-12-24)13-14-25;3-2(4,5)1(6)7/h3-5,15,25H,6-14,16,22H2,1-2H3;(H,6,7). The highest BCUT2D eigenvalue weighted by molar-refractivity contribution is 5.76. The number of hydrogen-bond acceptors (Lipinski definition) is 5. The Hall–Kier alpha value is -2.10. The second-order valence-corrected chi connectivity index (χ2v) is 9.16. The molecule has 0 unspecified atom stereocenters. The van der Waals surface area contributed by atoms with E-state index in [4.69, 9.17) is 20.7 Å². The number of halogens is 3. The molecule has 9 heteroatoms. The van der Waals surface area contributed by atoms with Crippen LogP contribution in [0.3, 0.4) is 0 Å². The van der Waals surface area contributed by atoms with Gasteiger partial charge in [0.1, 0.15) is 0 Å². The normalized spacial score (nSPS) is 19.6. The van der Waals surface area contributed by atoms with Crippen LogP contribution in [0.1, 0.15) is 44.2 Å². The van der Waals surface area contributed by atoms with E-state index in [1.54, 1.807) is 0 Å². The van der Waals surface area contributed by atoms with Crippen LogP contribution in [0.4, 0.5) is 18.9 Å². The van der Waals surface area contributed by atoms with Gasteiger partial charge in [0, 0.05) is 50.5 Å². The van der Waals surface area contributed by atoms with Crippen LogP contribution in [0.5, 0.6) is 0 Å². The van der Waals surface area contributed by atoms with Crippen molar-refractivity contribution in [1.29, 1.82) is 0 Å². The first-order valence-corrected chi connectivity index (χ1v) is 10.8. The lowest BCUT2D eigenvalue weighted by molar-refractivity contribution is -0.192. The van der Waals surface area contributed by atoms with Crippen molar-refractivity contribution >= 4 is 17.2 Å². The maximum absolute atomic E-state index is 10.6. The highest BCUT2D eigenvalue weighted by Crippen LogP contribution is 2.39. The highest BCUT2D eigenvalue weighted by Gasteiger charge is 2.38. The van der Waals surface area contributed by atoms with Gasteiger partial charge in [-0.1, -0.05) is 26.0 Å². The monoisotopic (exact) mass is 457 g/mol. The van der Waals surface area contributed by atoms with E-state index < -0.39 is 12.1 Å². The molecule has 1 aliphatic heterocycles. The smallest absolute Gasteiger partial charge is 0.475 e. The number of aliphatic hydroxyl groups excluding tert-OH is 1. The number of benzene rings is 1. The molecule has 0 atom stereocenters. The van der Waals surface area contributed by atoms with Crippen LogP contribution in [0, 0.1) is 5.41 Å². The number of carbonyl (C=O) groups is 1. The molecule has 1 heterocycles. The molecule has 1 aromatic rings. The van der Waals surface area contributed by atoms with Gasteiger partial charge in [0.05, 0.1) is 6.61 Å². The van der Waals surface area contributed by atoms with Gasteiger partial charge in [-0.05, 0) is 47.9 Å². The number of aliphatic carboxylic acids is 1. The average Bonchev–Trinajstić information content (AvgIpc) is 2.71. The van der Waals surface area contributed by atoms with E-state index in [2.05, 4.69) is 47.9 Å². The number of piperazine rings is 1. The molecule has 32 heavy (non-hydrogen) atoms. The largest absolute Gasteiger partial charge is 0.490 e. The van der Waals surface area contributed by atoms with Gasteiger partial charge in [-0.25, -0.2) is 4.79 Å². The van der Waals surface area contributed by atoms with E-state index in [1.165, 1.54) is 23.1 Å². The molecule has 3 rings (SSSR count). The molecule has 4 N–H and O–H groups in total. The molecule has 1 aromatic carbocycles. The predicted octanol–water partition coefficient (Wildman–Crippen LogP) is 3.61. The summed E-state index contributed by atoms with van der Waals surface area (Å²) in [6.07, 6.45) is 0.807. The maximum Gasteiger partial charge on any atom is 0.490 e. The fraction of sp³-hybridized carbons (Fsp3) is 0.609. The minimum atomic E-state index is -5.08. The Labute approximate surface area is 187 Å². The van der Waals surface area contributed by atoms with E-state index in [-0.39, 0.29) is 6.61 Å². The number of nitrogens with two attached hydrogens (primary N) is 1. The number of rotatable bonds is 5. The molecule has 2 aliphatic rings. The summed E-state index contributed by atoms with van der Waals surface area (Å²) in [6, 6.07) is 6.55. The fourth-order valence-corrected chi connectivity index (χ4v) is 3.87. The molecule has 1 aliphatic carbocycles. The van der Waals surface area contributed by atoms with Gasteiger partial charge in [0.15, 0.2) is 0 Å². The van der Waals surface area contributed by atoms with Crippen LogP contribution in [-0.4, -0.2) is 71.5 Å². The van der Waals surface area contributed by atoms with Crippen LogP contribution in [0.2, 0.25) is 0 Å². The van der Waals surface area contributed by atoms with Crippen molar-refractivity contribution in [1.82, 2.24) is 9.80 Å². The lowest BCUT2D eigenvalue weighted by Gasteiger charge is -2.34. The van der Waals surface area contributed by atoms with E-state index >= 15 is 0 Å². The molecule has 180 valence electrons.